The third kappa shape index (κ3) is 4.52. The van der Waals surface area contributed by atoms with Gasteiger partial charge < -0.3 is 10.0 Å². The number of carbonyl (C=O) groups is 2. The zero-order chi connectivity index (χ0) is 17.0. The van der Waals surface area contributed by atoms with Crippen molar-refractivity contribution in [3.05, 3.63) is 30.3 Å². The molecule has 0 aliphatic heterocycles. The normalized spacial score (nSPS) is 15.9. The van der Waals surface area contributed by atoms with Crippen LogP contribution in [0.2, 0.25) is 0 Å². The van der Waals surface area contributed by atoms with E-state index in [0.29, 0.717) is 0 Å². The summed E-state index contributed by atoms with van der Waals surface area (Å²) in [4.78, 5) is 24.8. The minimum absolute atomic E-state index is 0.0423. The number of hydrogen-bond donors (Lipinski definition) is 2. The first kappa shape index (κ1) is 17.4. The van der Waals surface area contributed by atoms with E-state index in [1.807, 2.05) is 0 Å². The van der Waals surface area contributed by atoms with Gasteiger partial charge in [-0.05, 0) is 31.9 Å². The lowest BCUT2D eigenvalue weighted by atomic mass is 10.2. The molecule has 0 saturated heterocycles. The number of carboxylic acid groups (broad SMARTS) is 1. The van der Waals surface area contributed by atoms with E-state index >= 15 is 0 Å². The van der Waals surface area contributed by atoms with Crippen LogP contribution < -0.4 is 4.72 Å². The second-order valence-electron chi connectivity index (χ2n) is 5.51. The Balaban J connectivity index is 1.92. The van der Waals surface area contributed by atoms with Gasteiger partial charge in [-0.1, -0.05) is 18.2 Å². The second kappa shape index (κ2) is 7.10. The van der Waals surface area contributed by atoms with Gasteiger partial charge >= 0.3 is 5.97 Å². The number of carbonyl (C=O) groups excluding carboxylic acids is 1. The molecule has 0 bridgehead atoms. The van der Waals surface area contributed by atoms with E-state index < -0.39 is 22.0 Å². The SMILES string of the molecule is CC(C(=O)O)N(C(=O)CCNS(=O)(=O)c1ccccc1)C1CC1. The zero-order valence-corrected chi connectivity index (χ0v) is 13.6. The number of benzene rings is 1. The van der Waals surface area contributed by atoms with Crippen LogP contribution in [0.25, 0.3) is 0 Å². The van der Waals surface area contributed by atoms with E-state index in [2.05, 4.69) is 4.72 Å². The zero-order valence-electron chi connectivity index (χ0n) is 12.8. The molecule has 0 spiro atoms. The molecule has 23 heavy (non-hydrogen) atoms. The van der Waals surface area contributed by atoms with Crippen LogP contribution in [-0.2, 0) is 19.6 Å². The van der Waals surface area contributed by atoms with Gasteiger partial charge in [0.05, 0.1) is 4.90 Å². The van der Waals surface area contributed by atoms with Crippen molar-refractivity contribution in [2.45, 2.75) is 43.2 Å². The van der Waals surface area contributed by atoms with Gasteiger partial charge in [0.1, 0.15) is 6.04 Å². The average Bonchev–Trinajstić information content (AvgIpc) is 3.32. The molecule has 2 N–H and O–H groups in total. The minimum Gasteiger partial charge on any atom is -0.480 e. The molecule has 1 saturated carbocycles. The third-order valence-corrected chi connectivity index (χ3v) is 5.16. The summed E-state index contributed by atoms with van der Waals surface area (Å²) in [5.41, 5.74) is 0. The lowest BCUT2D eigenvalue weighted by Crippen LogP contribution is -2.45. The summed E-state index contributed by atoms with van der Waals surface area (Å²) < 4.78 is 26.4. The summed E-state index contributed by atoms with van der Waals surface area (Å²) in [5.74, 6) is -1.41. The van der Waals surface area contributed by atoms with E-state index in [-0.39, 0.29) is 29.8 Å². The molecule has 1 aliphatic carbocycles. The Bertz CT molecular complexity index is 670. The van der Waals surface area contributed by atoms with Gasteiger partial charge in [-0.2, -0.15) is 0 Å². The molecule has 1 fully saturated rings. The summed E-state index contributed by atoms with van der Waals surface area (Å²) in [7, 11) is -3.66. The number of aliphatic carboxylic acids is 1. The van der Waals surface area contributed by atoms with E-state index in [1.54, 1.807) is 18.2 Å². The van der Waals surface area contributed by atoms with E-state index in [1.165, 1.54) is 24.0 Å². The molecule has 126 valence electrons. The van der Waals surface area contributed by atoms with Crippen molar-refractivity contribution < 1.29 is 23.1 Å². The smallest absolute Gasteiger partial charge is 0.326 e. The fraction of sp³-hybridized carbons (Fsp3) is 0.467. The van der Waals surface area contributed by atoms with Crippen LogP contribution in [0, 0.1) is 0 Å². The summed E-state index contributed by atoms with van der Waals surface area (Å²) in [6, 6.07) is 6.93. The van der Waals surface area contributed by atoms with Crippen molar-refractivity contribution in [2.75, 3.05) is 6.54 Å². The Kier molecular flexibility index (Phi) is 5.38. The summed E-state index contributed by atoms with van der Waals surface area (Å²) in [6.07, 6.45) is 1.51. The van der Waals surface area contributed by atoms with Crippen molar-refractivity contribution in [1.29, 1.82) is 0 Å². The fourth-order valence-electron chi connectivity index (χ4n) is 2.31. The largest absolute Gasteiger partial charge is 0.480 e. The highest BCUT2D eigenvalue weighted by molar-refractivity contribution is 7.89. The summed E-state index contributed by atoms with van der Waals surface area (Å²) >= 11 is 0. The Morgan fingerprint density at radius 3 is 2.43 bits per heavy atom. The molecule has 1 amide bonds. The van der Waals surface area contributed by atoms with E-state index in [4.69, 9.17) is 5.11 Å². The highest BCUT2D eigenvalue weighted by Gasteiger charge is 2.38. The first-order valence-electron chi connectivity index (χ1n) is 7.41. The van der Waals surface area contributed by atoms with Crippen molar-refractivity contribution in [1.82, 2.24) is 9.62 Å². The average molecular weight is 340 g/mol. The molecular weight excluding hydrogens is 320 g/mol. The van der Waals surface area contributed by atoms with Gasteiger partial charge in [0, 0.05) is 19.0 Å². The lowest BCUT2D eigenvalue weighted by Gasteiger charge is -2.26. The molecule has 1 aromatic rings. The predicted molar refractivity (Wildman–Crippen MR) is 83.2 cm³/mol. The van der Waals surface area contributed by atoms with Crippen LogP contribution >= 0.6 is 0 Å². The minimum atomic E-state index is -3.66. The van der Waals surface area contributed by atoms with Gasteiger partial charge in [0.15, 0.2) is 0 Å². The number of nitrogens with zero attached hydrogens (tertiary/aromatic N) is 1. The molecule has 0 radical (unpaired) electrons. The number of rotatable bonds is 8. The maximum Gasteiger partial charge on any atom is 0.326 e. The Labute approximate surface area is 135 Å². The second-order valence-corrected chi connectivity index (χ2v) is 7.27. The fourth-order valence-corrected chi connectivity index (χ4v) is 3.36. The van der Waals surface area contributed by atoms with Crippen LogP contribution in [0.1, 0.15) is 26.2 Å². The molecule has 0 heterocycles. The molecule has 1 aliphatic rings. The molecule has 2 rings (SSSR count). The molecule has 7 nitrogen and oxygen atoms in total. The van der Waals surface area contributed by atoms with Crippen molar-refractivity contribution in [3.8, 4) is 0 Å². The molecule has 1 atom stereocenters. The number of carboxylic acids is 1. The molecule has 0 aromatic heterocycles. The topological polar surface area (TPSA) is 104 Å². The molecule has 8 heteroatoms. The first-order valence-corrected chi connectivity index (χ1v) is 8.90. The Hall–Kier alpha value is -1.93. The lowest BCUT2D eigenvalue weighted by molar-refractivity contribution is -0.150. The van der Waals surface area contributed by atoms with Crippen LogP contribution in [-0.4, -0.2) is 48.9 Å². The number of hydrogen-bond acceptors (Lipinski definition) is 4. The van der Waals surface area contributed by atoms with Crippen LogP contribution in [0.3, 0.4) is 0 Å². The van der Waals surface area contributed by atoms with Crippen molar-refractivity contribution in [2.24, 2.45) is 0 Å². The van der Waals surface area contributed by atoms with Crippen LogP contribution in [0.4, 0.5) is 0 Å². The Morgan fingerprint density at radius 1 is 1.30 bits per heavy atom. The van der Waals surface area contributed by atoms with E-state index in [0.717, 1.165) is 12.8 Å². The van der Waals surface area contributed by atoms with Gasteiger partial charge in [-0.3, -0.25) is 4.79 Å². The molecular formula is C15H20N2O5S. The Morgan fingerprint density at radius 2 is 1.91 bits per heavy atom. The van der Waals surface area contributed by atoms with Gasteiger partial charge in [0.2, 0.25) is 15.9 Å². The monoisotopic (exact) mass is 340 g/mol. The van der Waals surface area contributed by atoms with Crippen molar-refractivity contribution in [3.63, 3.8) is 0 Å². The number of nitrogens with one attached hydrogen (secondary N) is 1. The number of sulfonamides is 1. The predicted octanol–water partition coefficient (Wildman–Crippen LogP) is 0.819. The number of amides is 1. The van der Waals surface area contributed by atoms with Gasteiger partial charge in [0.25, 0.3) is 0 Å². The van der Waals surface area contributed by atoms with Crippen LogP contribution in [0.15, 0.2) is 35.2 Å². The van der Waals surface area contributed by atoms with E-state index in [9.17, 15) is 18.0 Å². The van der Waals surface area contributed by atoms with Gasteiger partial charge in [-0.25, -0.2) is 17.9 Å². The molecule has 1 unspecified atom stereocenters. The molecule has 1 aromatic carbocycles. The highest BCUT2D eigenvalue weighted by atomic mass is 32.2. The maximum absolute atomic E-state index is 12.2. The maximum atomic E-state index is 12.2. The van der Waals surface area contributed by atoms with Crippen LogP contribution in [0.5, 0.6) is 0 Å². The van der Waals surface area contributed by atoms with Crippen molar-refractivity contribution >= 4 is 21.9 Å². The third-order valence-electron chi connectivity index (χ3n) is 3.69. The standard InChI is InChI=1S/C15H20N2O5S/c1-11(15(19)20)17(12-7-8-12)14(18)9-10-16-23(21,22)13-5-3-2-4-6-13/h2-6,11-12,16H,7-10H2,1H3,(H,19,20). The van der Waals surface area contributed by atoms with Gasteiger partial charge in [-0.15, -0.1) is 0 Å². The first-order chi connectivity index (χ1) is 10.8. The summed E-state index contributed by atoms with van der Waals surface area (Å²) in [5, 5.41) is 9.08. The summed E-state index contributed by atoms with van der Waals surface area (Å²) in [6.45, 7) is 1.40. The quantitative estimate of drug-likeness (QED) is 0.729. The highest BCUT2D eigenvalue weighted by Crippen LogP contribution is 2.29.